The van der Waals surface area contributed by atoms with Crippen molar-refractivity contribution in [2.24, 2.45) is 0 Å². The highest BCUT2D eigenvalue weighted by molar-refractivity contribution is 7.66. The summed E-state index contributed by atoms with van der Waals surface area (Å²) in [5.74, 6) is -0.824. The third-order valence-corrected chi connectivity index (χ3v) is 6.47. The maximum absolute atomic E-state index is 12.8. The summed E-state index contributed by atoms with van der Waals surface area (Å²) in [6, 6.07) is 0. The van der Waals surface area contributed by atoms with Crippen molar-refractivity contribution in [3.63, 3.8) is 0 Å². The largest absolute Gasteiger partial charge is 0.490 e. The van der Waals surface area contributed by atoms with Crippen molar-refractivity contribution in [3.8, 4) is 0 Å². The van der Waals surface area contributed by atoms with E-state index < -0.39 is 84.1 Å². The van der Waals surface area contributed by atoms with Crippen LogP contribution in [0.1, 0.15) is 17.2 Å². The smallest absolute Gasteiger partial charge is 0.387 e. The summed E-state index contributed by atoms with van der Waals surface area (Å²) in [5.41, 5.74) is -1.94. The first-order valence-corrected chi connectivity index (χ1v) is 11.4. The van der Waals surface area contributed by atoms with Gasteiger partial charge in [0, 0.05) is 0 Å². The van der Waals surface area contributed by atoms with E-state index in [1.165, 1.54) is 0 Å². The van der Waals surface area contributed by atoms with Crippen molar-refractivity contribution in [2.75, 3.05) is 12.3 Å². The molecule has 31 heavy (non-hydrogen) atoms. The van der Waals surface area contributed by atoms with Crippen molar-refractivity contribution in [1.29, 1.82) is 5.72 Å². The van der Waals surface area contributed by atoms with Crippen LogP contribution >= 0.6 is 23.5 Å². The lowest BCUT2D eigenvalue weighted by molar-refractivity contribution is -0.0503. The highest BCUT2D eigenvalue weighted by Crippen LogP contribution is 2.66. The first-order valence-electron chi connectivity index (χ1n) is 13.5. The maximum Gasteiger partial charge on any atom is 0.490 e. The van der Waals surface area contributed by atoms with Crippen LogP contribution in [-0.4, -0.2) is 79.8 Å². The van der Waals surface area contributed by atoms with Crippen molar-refractivity contribution < 1.29 is 75.2 Å². The lowest BCUT2D eigenvalue weighted by Gasteiger charge is -2.19. The van der Waals surface area contributed by atoms with Gasteiger partial charge in [-0.15, -0.1) is 0 Å². The van der Waals surface area contributed by atoms with Crippen LogP contribution in [-0.2, 0) is 31.6 Å². The fraction of sp³-hybridized carbons (Fsp3) is 0.500. The summed E-state index contributed by atoms with van der Waals surface area (Å²) in [4.78, 5) is 35.7. The first kappa shape index (κ1) is 11.7. The quantitative estimate of drug-likeness (QED) is 0.146. The van der Waals surface area contributed by atoms with Crippen molar-refractivity contribution in [3.05, 3.63) is 12.6 Å². The number of aromatic nitrogens is 4. The molecule has 1 saturated heterocycles. The molecule has 0 spiro atoms. The molecule has 21 heteroatoms. The Bertz CT molecular complexity index is 1630. The summed E-state index contributed by atoms with van der Waals surface area (Å²) in [5, 5.41) is 8.12. The number of phosphoric ester groups is 1. The summed E-state index contributed by atoms with van der Waals surface area (Å²) in [7, 11) is -18.5. The van der Waals surface area contributed by atoms with Crippen LogP contribution in [0.15, 0.2) is 12.6 Å². The molecule has 7 atom stereocenters. The Morgan fingerprint density at radius 3 is 2.74 bits per heavy atom. The minimum Gasteiger partial charge on any atom is -0.387 e. The molecule has 174 valence electrons. The van der Waals surface area contributed by atoms with Crippen LogP contribution in [0.5, 0.6) is 0 Å². The Labute approximate surface area is 191 Å². The zero-order chi connectivity index (χ0) is 34.8. The van der Waals surface area contributed by atoms with E-state index >= 15 is 0 Å². The molecule has 1 aliphatic rings. The molecule has 18 nitrogen and oxygen atoms in total. The summed E-state index contributed by atoms with van der Waals surface area (Å²) in [6.07, 6.45) is -19.1. The van der Waals surface area contributed by atoms with E-state index in [2.05, 4.69) is 48.1 Å². The summed E-state index contributed by atoms with van der Waals surface area (Å²) in [6.45, 7) is -4.56. The molecule has 0 bridgehead atoms. The zero-order valence-corrected chi connectivity index (χ0v) is 16.6. The Hall–Kier alpha value is -1.36. The Morgan fingerprint density at radius 1 is 1.26 bits per heavy atom. The van der Waals surface area contributed by atoms with E-state index in [4.69, 9.17) is 29.1 Å². The number of phosphoric acid groups is 3. The number of fused-ring (bicyclic) bond motifs is 1. The number of ether oxygens (including phenoxy) is 1. The normalized spacial score (nSPS) is 46.1. The number of nitrogen functional groups attached to an aromatic ring is 1. The lowest BCUT2D eigenvalue weighted by Crippen LogP contribution is -2.33. The number of aliphatic hydroxyl groups is 2. The summed E-state index contributed by atoms with van der Waals surface area (Å²) >= 11 is 0. The number of imidazole rings is 1. The van der Waals surface area contributed by atoms with E-state index in [0.29, 0.717) is 0 Å². The van der Waals surface area contributed by atoms with Crippen LogP contribution in [0.3, 0.4) is 0 Å². The topological polar surface area (TPSA) is 279 Å². The molecular weight excluding hydrogens is 491 g/mol. The molecule has 1 aliphatic heterocycles. The average Bonchev–Trinajstić information content (AvgIpc) is 3.31. The molecule has 8 N–H and O–H groups in total. The van der Waals surface area contributed by atoms with E-state index in [-0.39, 0.29) is 10.3 Å². The minimum absolute atomic E-state index is 0.0439. The van der Waals surface area contributed by atoms with Gasteiger partial charge >= 0.3 is 23.5 Å². The molecule has 1 fully saturated rings. The molecule has 0 aliphatic carbocycles. The fourth-order valence-corrected chi connectivity index (χ4v) is 4.63. The molecule has 3 rings (SSSR count). The second-order valence-electron chi connectivity index (χ2n) is 5.00. The Kier molecular flexibility index (Phi) is 3.21. The average molecular weight is 521 g/mol. The van der Waals surface area contributed by atoms with E-state index in [1.807, 2.05) is 0 Å². The molecule has 0 aromatic carbocycles. The van der Waals surface area contributed by atoms with Gasteiger partial charge in [-0.25, -0.2) is 28.6 Å². The first-order chi connectivity index (χ1) is 20.3. The number of hydrogen-bond acceptors (Lipinski definition) is 15. The van der Waals surface area contributed by atoms with Crippen LogP contribution in [0.25, 0.3) is 11.2 Å². The molecule has 3 unspecified atom stereocenters. The molecule has 0 amide bonds. The van der Waals surface area contributed by atoms with Gasteiger partial charge in [-0.3, -0.25) is 9.09 Å². The van der Waals surface area contributed by atoms with Gasteiger partial charge in [0.15, 0.2) is 20.5 Å². The lowest BCUT2D eigenvalue weighted by atomic mass is 10.1. The van der Waals surface area contributed by atoms with Crippen LogP contribution in [0, 0.1) is 0 Å². The van der Waals surface area contributed by atoms with Gasteiger partial charge in [0.25, 0.3) is 0 Å². The standard InChI is InChI=1S/C10H16N5O13P3/c11-8-5-9(13-2-12-8)15(3-14-5)10-7(17)6(16)4(26-10)1-25-30(21,22)28-31(23,24)27-29(18,19)20/h2-4,6-7,10,16-17H,1H2,(H,21,22)(H,23,24)(H2,11,12,13)(H2,18,19,20)/t4-,6-,7-,10-/m1/s1/i1D2,2D,3D,4D,6D,7D,10D,16D,17D/hD4. The Balaban J connectivity index is 2.25. The van der Waals surface area contributed by atoms with Gasteiger partial charge in [0.2, 0.25) is 5.72 Å². The van der Waals surface area contributed by atoms with Crippen LogP contribution < -0.4 is 5.72 Å². The fourth-order valence-electron chi connectivity index (χ4n) is 1.86. The molecule has 2 aromatic heterocycles. The van der Waals surface area contributed by atoms with Gasteiger partial charge in [-0.05, 0) is 0 Å². The van der Waals surface area contributed by atoms with E-state index in [9.17, 15) is 18.6 Å². The van der Waals surface area contributed by atoms with Gasteiger partial charge in [-0.1, -0.05) is 0 Å². The van der Waals surface area contributed by atoms with E-state index in [0.717, 1.165) is 0 Å². The maximum atomic E-state index is 12.8. The van der Waals surface area contributed by atoms with Crippen molar-refractivity contribution in [2.45, 2.75) is 24.4 Å². The highest BCUT2D eigenvalue weighted by atomic mass is 31.3. The number of rotatable bonds is 13. The van der Waals surface area contributed by atoms with Gasteiger partial charge in [0.05, 0.1) is 21.1 Å². The second-order valence-corrected chi connectivity index (χ2v) is 9.26. The molecular formula is C10H16N5O13P3. The Morgan fingerprint density at radius 2 is 2.06 bits per heavy atom. The number of nitrogens with two attached hydrogens (primary N) is 1. The molecule has 2 aromatic rings. The minimum atomic E-state index is -6.38. The second kappa shape index (κ2) is 8.53. The molecule has 3 heterocycles. The zero-order valence-electron chi connectivity index (χ0n) is 28.0. The highest BCUT2D eigenvalue weighted by Gasteiger charge is 2.47. The monoisotopic (exact) mass is 521 g/mol. The van der Waals surface area contributed by atoms with Crippen molar-refractivity contribution in [1.82, 2.24) is 19.5 Å². The third-order valence-electron chi connectivity index (χ3n) is 2.88. The predicted molar refractivity (Wildman–Crippen MR) is 95.5 cm³/mol. The van der Waals surface area contributed by atoms with Gasteiger partial charge in [0.1, 0.15) is 32.8 Å². The third kappa shape index (κ3) is 5.71. The van der Waals surface area contributed by atoms with Crippen LogP contribution in [0.4, 0.5) is 5.82 Å². The SMILES string of the molecule is [2H]O[C@@]1([2H])[C@@]([2H])(O[2H])[C@]([2H])(n2c([2H])nc3c(N([2H])[2H])nc([2H])nc32)O[C@]1([2H])C([2H])([2H])OP(=O)(O[2H])OP(=O)(O)OP(=O)(O)O[2H]. The molecule has 0 radical (unpaired) electrons. The number of nitrogens with zero attached hydrogens (tertiary/aromatic N) is 4. The predicted octanol–water partition coefficient (Wildman–Crippen LogP) is -1.63. The van der Waals surface area contributed by atoms with Crippen molar-refractivity contribution >= 4 is 40.4 Å². The van der Waals surface area contributed by atoms with Gasteiger partial charge < -0.3 is 40.3 Å². The van der Waals surface area contributed by atoms with E-state index in [1.54, 1.807) is 0 Å². The van der Waals surface area contributed by atoms with Gasteiger partial charge in [-0.2, -0.15) is 8.62 Å². The van der Waals surface area contributed by atoms with Crippen LogP contribution in [0.2, 0.25) is 2.82 Å². The molecule has 0 saturated carbocycles. The number of hydrogen-bond donors (Lipinski definition) is 7. The number of anilines is 1. The summed E-state index contributed by atoms with van der Waals surface area (Å²) < 4.78 is 162.